The van der Waals surface area contributed by atoms with E-state index in [1.807, 2.05) is 32.0 Å². The van der Waals surface area contributed by atoms with E-state index in [0.29, 0.717) is 18.4 Å². The van der Waals surface area contributed by atoms with Gasteiger partial charge in [0.25, 0.3) is 0 Å². The number of hydrogen-bond acceptors (Lipinski definition) is 4. The molecule has 0 fully saturated rings. The maximum absolute atomic E-state index is 13.4. The molecule has 1 heterocycles. The van der Waals surface area contributed by atoms with Crippen LogP contribution in [0.3, 0.4) is 0 Å². The summed E-state index contributed by atoms with van der Waals surface area (Å²) in [6.07, 6.45) is 4.31. The van der Waals surface area contributed by atoms with E-state index in [2.05, 4.69) is 4.98 Å². The molecule has 154 valence electrons. The third-order valence-corrected chi connectivity index (χ3v) is 5.29. The average Bonchev–Trinajstić information content (AvgIpc) is 2.72. The monoisotopic (exact) mass is 396 g/mol. The van der Waals surface area contributed by atoms with E-state index in [1.165, 1.54) is 4.90 Å². The number of nitrogens with one attached hydrogen (secondary N) is 1. The smallest absolute Gasteiger partial charge is 0.326 e. The molecule has 4 N–H and O–H groups in total. The van der Waals surface area contributed by atoms with E-state index < -0.39 is 17.9 Å². The van der Waals surface area contributed by atoms with Crippen LogP contribution in [0.5, 0.6) is 0 Å². The van der Waals surface area contributed by atoms with Gasteiger partial charge in [-0.2, -0.15) is 0 Å². The SMILES string of the molecule is CC[C@H](C)[C@@H](C(=O)O)N(C)C(=O)[C@H](Cc1ccc(C(=N)N)cc1)c1cccnc1. The highest BCUT2D eigenvalue weighted by molar-refractivity contribution is 5.95. The summed E-state index contributed by atoms with van der Waals surface area (Å²) in [5.74, 6) is -2.03. The van der Waals surface area contributed by atoms with E-state index in [0.717, 1.165) is 11.1 Å². The quantitative estimate of drug-likeness (QED) is 0.444. The number of likely N-dealkylation sites (N-methyl/N-ethyl adjacent to an activating group) is 1. The first-order valence-electron chi connectivity index (χ1n) is 9.59. The van der Waals surface area contributed by atoms with E-state index >= 15 is 0 Å². The van der Waals surface area contributed by atoms with Crippen LogP contribution in [0.1, 0.15) is 42.9 Å². The Morgan fingerprint density at radius 1 is 1.24 bits per heavy atom. The topological polar surface area (TPSA) is 120 Å². The van der Waals surface area contributed by atoms with Gasteiger partial charge in [0, 0.05) is 25.0 Å². The summed E-state index contributed by atoms with van der Waals surface area (Å²) in [5, 5.41) is 17.2. The number of nitrogens with zero attached hydrogens (tertiary/aromatic N) is 2. The molecule has 7 heteroatoms. The lowest BCUT2D eigenvalue weighted by Crippen LogP contribution is -2.48. The van der Waals surface area contributed by atoms with Crippen molar-refractivity contribution in [3.05, 3.63) is 65.5 Å². The van der Waals surface area contributed by atoms with Crippen molar-refractivity contribution in [2.45, 2.75) is 38.6 Å². The summed E-state index contributed by atoms with van der Waals surface area (Å²) in [5.41, 5.74) is 7.73. The molecule has 2 rings (SSSR count). The van der Waals surface area contributed by atoms with Crippen LogP contribution in [0.4, 0.5) is 0 Å². The summed E-state index contributed by atoms with van der Waals surface area (Å²) in [6.45, 7) is 3.75. The lowest BCUT2D eigenvalue weighted by atomic mass is 9.89. The number of aliphatic carboxylic acids is 1. The number of hydrogen-bond donors (Lipinski definition) is 3. The van der Waals surface area contributed by atoms with E-state index in [-0.39, 0.29) is 17.7 Å². The molecule has 7 nitrogen and oxygen atoms in total. The predicted octanol–water partition coefficient (Wildman–Crippen LogP) is 2.65. The second-order valence-corrected chi connectivity index (χ2v) is 7.27. The highest BCUT2D eigenvalue weighted by Crippen LogP contribution is 2.25. The maximum Gasteiger partial charge on any atom is 0.326 e. The molecule has 29 heavy (non-hydrogen) atoms. The van der Waals surface area contributed by atoms with Crippen LogP contribution in [0.15, 0.2) is 48.8 Å². The van der Waals surface area contributed by atoms with Crippen molar-refractivity contribution >= 4 is 17.7 Å². The molecule has 0 bridgehead atoms. The minimum absolute atomic E-state index is 0.0194. The Balaban J connectivity index is 2.36. The Kier molecular flexibility index (Phi) is 7.47. The number of nitrogen functional groups attached to an aromatic ring is 1. The molecule has 0 aliphatic heterocycles. The van der Waals surface area contributed by atoms with Crippen LogP contribution in [-0.2, 0) is 16.0 Å². The fourth-order valence-corrected chi connectivity index (χ4v) is 3.38. The number of rotatable bonds is 9. The van der Waals surface area contributed by atoms with Gasteiger partial charge in [-0.05, 0) is 29.5 Å². The number of amides is 1. The number of amidine groups is 1. The minimum Gasteiger partial charge on any atom is -0.480 e. The zero-order valence-electron chi connectivity index (χ0n) is 17.0. The number of carbonyl (C=O) groups excluding carboxylic acids is 1. The molecule has 0 saturated carbocycles. The number of nitrogens with two attached hydrogens (primary N) is 1. The van der Waals surface area contributed by atoms with Crippen molar-refractivity contribution in [2.24, 2.45) is 11.7 Å². The van der Waals surface area contributed by atoms with Crippen molar-refractivity contribution in [1.82, 2.24) is 9.88 Å². The highest BCUT2D eigenvalue weighted by Gasteiger charge is 2.34. The molecule has 0 saturated heterocycles. The first-order chi connectivity index (χ1) is 13.8. The average molecular weight is 396 g/mol. The lowest BCUT2D eigenvalue weighted by molar-refractivity contribution is -0.151. The molecule has 0 aliphatic carbocycles. The van der Waals surface area contributed by atoms with E-state index in [4.69, 9.17) is 11.1 Å². The zero-order valence-corrected chi connectivity index (χ0v) is 17.0. The predicted molar refractivity (Wildman–Crippen MR) is 112 cm³/mol. The molecule has 1 amide bonds. The van der Waals surface area contributed by atoms with Gasteiger partial charge in [-0.1, -0.05) is 50.6 Å². The molecule has 0 unspecified atom stereocenters. The van der Waals surface area contributed by atoms with Gasteiger partial charge in [-0.25, -0.2) is 4.79 Å². The Bertz CT molecular complexity index is 852. The van der Waals surface area contributed by atoms with Gasteiger partial charge in [0.1, 0.15) is 11.9 Å². The fraction of sp³-hybridized carbons (Fsp3) is 0.364. The Morgan fingerprint density at radius 2 is 1.90 bits per heavy atom. The summed E-state index contributed by atoms with van der Waals surface area (Å²) in [6, 6.07) is 9.83. The largest absolute Gasteiger partial charge is 0.480 e. The number of carboxylic acids is 1. The van der Waals surface area contributed by atoms with Crippen LogP contribution in [0, 0.1) is 11.3 Å². The number of carbonyl (C=O) groups is 2. The number of carboxylic acid groups (broad SMARTS) is 1. The molecule has 0 spiro atoms. The minimum atomic E-state index is -1.01. The van der Waals surface area contributed by atoms with Crippen LogP contribution in [0.25, 0.3) is 0 Å². The lowest BCUT2D eigenvalue weighted by Gasteiger charge is -2.32. The van der Waals surface area contributed by atoms with Crippen LogP contribution in [-0.4, -0.2) is 45.8 Å². The normalized spacial score (nSPS) is 13.9. The second kappa shape index (κ2) is 9.82. The fourth-order valence-electron chi connectivity index (χ4n) is 3.38. The Morgan fingerprint density at radius 3 is 2.38 bits per heavy atom. The third-order valence-electron chi connectivity index (χ3n) is 5.29. The molecular weight excluding hydrogens is 368 g/mol. The van der Waals surface area contributed by atoms with Gasteiger partial charge in [-0.15, -0.1) is 0 Å². The zero-order chi connectivity index (χ0) is 21.6. The molecular formula is C22H28N4O3. The molecule has 0 aliphatic rings. The second-order valence-electron chi connectivity index (χ2n) is 7.27. The molecule has 1 aromatic carbocycles. The van der Waals surface area contributed by atoms with E-state index in [9.17, 15) is 14.7 Å². The van der Waals surface area contributed by atoms with Gasteiger partial charge in [0.2, 0.25) is 5.91 Å². The van der Waals surface area contributed by atoms with Crippen LogP contribution >= 0.6 is 0 Å². The van der Waals surface area contributed by atoms with Gasteiger partial charge in [-0.3, -0.25) is 15.2 Å². The number of aromatic nitrogens is 1. The van der Waals surface area contributed by atoms with Crippen LogP contribution in [0.2, 0.25) is 0 Å². The standard InChI is InChI=1S/C22H28N4O3/c1-4-14(2)19(22(28)29)26(3)21(27)18(17-6-5-11-25-13-17)12-15-7-9-16(10-8-15)20(23)24/h5-11,13-14,18-19H,4,12H2,1-3H3,(H3,23,24)(H,28,29)/t14-,18+,19-/m0/s1. The van der Waals surface area contributed by atoms with Crippen LogP contribution < -0.4 is 5.73 Å². The van der Waals surface area contributed by atoms with Crippen molar-refractivity contribution < 1.29 is 14.7 Å². The Hall–Kier alpha value is -3.22. The summed E-state index contributed by atoms with van der Waals surface area (Å²) >= 11 is 0. The first kappa shape index (κ1) is 22.1. The van der Waals surface area contributed by atoms with Gasteiger partial charge in [0.05, 0.1) is 5.92 Å². The molecule has 0 radical (unpaired) electrons. The maximum atomic E-state index is 13.4. The summed E-state index contributed by atoms with van der Waals surface area (Å²) in [7, 11) is 1.55. The highest BCUT2D eigenvalue weighted by atomic mass is 16.4. The number of pyridine rings is 1. The first-order valence-corrected chi connectivity index (χ1v) is 9.59. The van der Waals surface area contributed by atoms with Crippen molar-refractivity contribution in [1.29, 1.82) is 5.41 Å². The van der Waals surface area contributed by atoms with Gasteiger partial charge in [0.15, 0.2) is 0 Å². The molecule has 1 aromatic heterocycles. The van der Waals surface area contributed by atoms with Crippen molar-refractivity contribution in [2.75, 3.05) is 7.05 Å². The van der Waals surface area contributed by atoms with Gasteiger partial charge < -0.3 is 15.7 Å². The van der Waals surface area contributed by atoms with Crippen molar-refractivity contribution in [3.63, 3.8) is 0 Å². The van der Waals surface area contributed by atoms with Crippen molar-refractivity contribution in [3.8, 4) is 0 Å². The third kappa shape index (κ3) is 5.40. The van der Waals surface area contributed by atoms with E-state index in [1.54, 1.807) is 37.6 Å². The molecule has 3 atom stereocenters. The Labute approximate surface area is 171 Å². The summed E-state index contributed by atoms with van der Waals surface area (Å²) < 4.78 is 0. The van der Waals surface area contributed by atoms with Gasteiger partial charge >= 0.3 is 5.97 Å². The number of benzene rings is 1. The summed E-state index contributed by atoms with van der Waals surface area (Å²) in [4.78, 5) is 30.7. The molecule has 2 aromatic rings.